The molecule has 1 heterocycles. The molecule has 3 rings (SSSR count). The lowest BCUT2D eigenvalue weighted by atomic mass is 10.1. The number of halogens is 3. The summed E-state index contributed by atoms with van der Waals surface area (Å²) in [7, 11) is 1.39. The van der Waals surface area contributed by atoms with Gasteiger partial charge in [-0.25, -0.2) is 13.5 Å². The van der Waals surface area contributed by atoms with Crippen LogP contribution in [0.1, 0.15) is 5.69 Å². The van der Waals surface area contributed by atoms with Crippen molar-refractivity contribution in [2.75, 3.05) is 7.11 Å². The molecule has 4 nitrogen and oxygen atoms in total. The molecule has 7 heteroatoms. The molecule has 0 radical (unpaired) electrons. The number of ether oxygens (including phenoxy) is 1. The third-order valence-electron chi connectivity index (χ3n) is 3.36. The van der Waals surface area contributed by atoms with Crippen LogP contribution in [0.4, 0.5) is 8.78 Å². The molecule has 0 unspecified atom stereocenters. The topological polar surface area (TPSA) is 39.9 Å². The zero-order chi connectivity index (χ0) is 16.4. The second-order valence-electron chi connectivity index (χ2n) is 4.76. The van der Waals surface area contributed by atoms with Crippen molar-refractivity contribution in [3.63, 3.8) is 0 Å². The van der Waals surface area contributed by atoms with Gasteiger partial charge in [-0.2, -0.15) is 0 Å². The molecular weight excluding hydrogens is 324 g/mol. The fourth-order valence-corrected chi connectivity index (χ4v) is 2.45. The molecule has 2 aromatic carbocycles. The summed E-state index contributed by atoms with van der Waals surface area (Å²) in [6, 6.07) is 10.3. The van der Waals surface area contributed by atoms with Crippen molar-refractivity contribution in [3.05, 3.63) is 59.8 Å². The number of alkyl halides is 1. The van der Waals surface area contributed by atoms with Crippen LogP contribution in [-0.4, -0.2) is 22.1 Å². The van der Waals surface area contributed by atoms with E-state index in [1.165, 1.54) is 36.1 Å². The third kappa shape index (κ3) is 2.90. The summed E-state index contributed by atoms with van der Waals surface area (Å²) in [5, 5.41) is 8.05. The maximum Gasteiger partial charge on any atom is 0.167 e. The van der Waals surface area contributed by atoms with Gasteiger partial charge in [0.05, 0.1) is 24.4 Å². The Morgan fingerprint density at radius 2 is 1.87 bits per heavy atom. The van der Waals surface area contributed by atoms with Gasteiger partial charge in [-0.05, 0) is 36.4 Å². The lowest BCUT2D eigenvalue weighted by Gasteiger charge is -2.09. The fourth-order valence-electron chi connectivity index (χ4n) is 2.27. The van der Waals surface area contributed by atoms with E-state index in [0.717, 1.165) is 0 Å². The van der Waals surface area contributed by atoms with Crippen LogP contribution >= 0.6 is 11.6 Å². The molecule has 0 aliphatic rings. The van der Waals surface area contributed by atoms with E-state index in [-0.39, 0.29) is 17.4 Å². The summed E-state index contributed by atoms with van der Waals surface area (Å²) in [6.45, 7) is 0. The predicted molar refractivity (Wildman–Crippen MR) is 82.8 cm³/mol. The van der Waals surface area contributed by atoms with Crippen molar-refractivity contribution >= 4 is 11.6 Å². The van der Waals surface area contributed by atoms with Crippen LogP contribution in [-0.2, 0) is 5.88 Å². The van der Waals surface area contributed by atoms with Crippen molar-refractivity contribution in [2.45, 2.75) is 5.88 Å². The lowest BCUT2D eigenvalue weighted by molar-refractivity contribution is 0.386. The average molecular weight is 336 g/mol. The Morgan fingerprint density at radius 1 is 1.13 bits per heavy atom. The molecule has 0 fully saturated rings. The highest BCUT2D eigenvalue weighted by Gasteiger charge is 2.17. The molecule has 0 saturated carbocycles. The Bertz CT molecular complexity index is 834. The zero-order valence-corrected chi connectivity index (χ0v) is 12.9. The van der Waals surface area contributed by atoms with Crippen molar-refractivity contribution in [3.8, 4) is 22.7 Å². The maximum absolute atomic E-state index is 13.9. The van der Waals surface area contributed by atoms with E-state index in [9.17, 15) is 8.78 Å². The van der Waals surface area contributed by atoms with Crippen LogP contribution in [0.5, 0.6) is 5.75 Å². The Morgan fingerprint density at radius 3 is 2.48 bits per heavy atom. The van der Waals surface area contributed by atoms with Gasteiger partial charge in [-0.3, -0.25) is 0 Å². The summed E-state index contributed by atoms with van der Waals surface area (Å²) in [6.07, 6.45) is 0. The summed E-state index contributed by atoms with van der Waals surface area (Å²) < 4.78 is 33.5. The summed E-state index contributed by atoms with van der Waals surface area (Å²) >= 11 is 5.91. The summed E-state index contributed by atoms with van der Waals surface area (Å²) in [4.78, 5) is 0. The molecule has 0 N–H and O–H groups in total. The van der Waals surface area contributed by atoms with E-state index in [4.69, 9.17) is 16.3 Å². The largest absolute Gasteiger partial charge is 0.494 e. The van der Waals surface area contributed by atoms with Gasteiger partial charge in [0.2, 0.25) is 0 Å². The highest BCUT2D eigenvalue weighted by Crippen LogP contribution is 2.28. The first-order chi connectivity index (χ1) is 11.1. The van der Waals surface area contributed by atoms with E-state index in [0.29, 0.717) is 22.6 Å². The SMILES string of the molecule is COc1ccc(-n2nnc(CCl)c2-c2ccc(F)cc2)cc1F. The van der Waals surface area contributed by atoms with E-state index in [1.807, 2.05) is 0 Å². The smallest absolute Gasteiger partial charge is 0.167 e. The van der Waals surface area contributed by atoms with Gasteiger partial charge in [-0.15, -0.1) is 16.7 Å². The van der Waals surface area contributed by atoms with Crippen LogP contribution < -0.4 is 4.74 Å². The minimum atomic E-state index is -0.516. The highest BCUT2D eigenvalue weighted by molar-refractivity contribution is 6.17. The number of methoxy groups -OCH3 is 1. The number of benzene rings is 2. The van der Waals surface area contributed by atoms with Gasteiger partial charge in [0.15, 0.2) is 11.6 Å². The normalized spacial score (nSPS) is 10.8. The summed E-state index contributed by atoms with van der Waals surface area (Å²) in [5.41, 5.74) is 2.26. The number of hydrogen-bond donors (Lipinski definition) is 0. The Kier molecular flexibility index (Phi) is 4.25. The Balaban J connectivity index is 2.15. The van der Waals surface area contributed by atoms with E-state index < -0.39 is 5.82 Å². The first-order valence-corrected chi connectivity index (χ1v) is 7.28. The van der Waals surface area contributed by atoms with E-state index >= 15 is 0 Å². The lowest BCUT2D eigenvalue weighted by Crippen LogP contribution is -2.01. The molecule has 0 aliphatic heterocycles. The van der Waals surface area contributed by atoms with Crippen molar-refractivity contribution in [1.29, 1.82) is 0 Å². The number of nitrogens with zero attached hydrogens (tertiary/aromatic N) is 3. The third-order valence-corrected chi connectivity index (χ3v) is 3.62. The molecule has 0 aliphatic carbocycles. The van der Waals surface area contributed by atoms with E-state index in [2.05, 4.69) is 10.3 Å². The molecular formula is C16H12ClF2N3O. The number of hydrogen-bond acceptors (Lipinski definition) is 3. The quantitative estimate of drug-likeness (QED) is 0.677. The first kappa shape index (κ1) is 15.4. The van der Waals surface area contributed by atoms with Gasteiger partial charge in [0, 0.05) is 11.6 Å². The van der Waals surface area contributed by atoms with Crippen LogP contribution in [0.3, 0.4) is 0 Å². The minimum absolute atomic E-state index is 0.130. The Hall–Kier alpha value is -2.47. The first-order valence-electron chi connectivity index (χ1n) is 6.74. The van der Waals surface area contributed by atoms with Crippen molar-refractivity contribution in [1.82, 2.24) is 15.0 Å². The van der Waals surface area contributed by atoms with Gasteiger partial charge >= 0.3 is 0 Å². The van der Waals surface area contributed by atoms with Crippen LogP contribution in [0, 0.1) is 11.6 Å². The molecule has 0 spiro atoms. The zero-order valence-electron chi connectivity index (χ0n) is 12.1. The average Bonchev–Trinajstić information content (AvgIpc) is 2.99. The molecule has 0 amide bonds. The predicted octanol–water partition coefficient (Wildman–Crippen LogP) is 3.96. The van der Waals surface area contributed by atoms with Crippen LogP contribution in [0.25, 0.3) is 16.9 Å². The van der Waals surface area contributed by atoms with E-state index in [1.54, 1.807) is 18.2 Å². The van der Waals surface area contributed by atoms with Gasteiger partial charge in [0.25, 0.3) is 0 Å². The summed E-state index contributed by atoms with van der Waals surface area (Å²) in [5.74, 6) is -0.603. The second-order valence-corrected chi connectivity index (χ2v) is 5.02. The molecule has 3 aromatic rings. The van der Waals surface area contributed by atoms with Crippen molar-refractivity contribution in [2.24, 2.45) is 0 Å². The fraction of sp³-hybridized carbons (Fsp3) is 0.125. The minimum Gasteiger partial charge on any atom is -0.494 e. The number of aromatic nitrogens is 3. The molecule has 23 heavy (non-hydrogen) atoms. The highest BCUT2D eigenvalue weighted by atomic mass is 35.5. The van der Waals surface area contributed by atoms with Gasteiger partial charge < -0.3 is 4.74 Å². The standard InChI is InChI=1S/C16H12ClF2N3O/c1-23-15-7-6-12(8-13(15)19)22-16(14(9-17)20-21-22)10-2-4-11(18)5-3-10/h2-8H,9H2,1H3. The second kappa shape index (κ2) is 6.34. The maximum atomic E-state index is 13.9. The van der Waals surface area contributed by atoms with Crippen LogP contribution in [0.15, 0.2) is 42.5 Å². The number of rotatable bonds is 4. The molecule has 0 saturated heterocycles. The van der Waals surface area contributed by atoms with Crippen LogP contribution in [0.2, 0.25) is 0 Å². The molecule has 0 atom stereocenters. The molecule has 1 aromatic heterocycles. The molecule has 118 valence electrons. The van der Waals surface area contributed by atoms with Gasteiger partial charge in [0.1, 0.15) is 11.5 Å². The van der Waals surface area contributed by atoms with Gasteiger partial charge in [-0.1, -0.05) is 5.21 Å². The monoisotopic (exact) mass is 335 g/mol. The van der Waals surface area contributed by atoms with Crippen molar-refractivity contribution < 1.29 is 13.5 Å². The Labute approximate surface area is 136 Å². The molecule has 0 bridgehead atoms.